The van der Waals surface area contributed by atoms with Crippen LogP contribution in [0.25, 0.3) is 0 Å². The van der Waals surface area contributed by atoms with Crippen molar-refractivity contribution in [2.24, 2.45) is 0 Å². The third-order valence-corrected chi connectivity index (χ3v) is 14.0. The minimum absolute atomic E-state index is 0.00966. The molecule has 0 rings (SSSR count). The molecule has 0 aliphatic rings. The van der Waals surface area contributed by atoms with Gasteiger partial charge in [0.25, 0.3) is 0 Å². The number of aliphatic hydroxyl groups is 2. The Hall–Kier alpha value is -1.66. The Bertz CT molecular complexity index is 1040. The van der Waals surface area contributed by atoms with Crippen molar-refractivity contribution < 1.29 is 24.5 Å². The van der Waals surface area contributed by atoms with E-state index in [9.17, 15) is 19.8 Å². The molecule has 3 N–H and O–H groups in total. The molecule has 0 aliphatic heterocycles. The molecule has 0 saturated heterocycles. The van der Waals surface area contributed by atoms with Crippen LogP contribution in [0.5, 0.6) is 0 Å². The lowest BCUT2D eigenvalue weighted by Gasteiger charge is -2.22. The lowest BCUT2D eigenvalue weighted by molar-refractivity contribution is -0.143. The Morgan fingerprint density at radius 2 is 0.746 bits per heavy atom. The maximum absolute atomic E-state index is 12.5. The quantitative estimate of drug-likeness (QED) is 0.0321. The number of unbranched alkanes of at least 4 members (excludes halogenated alkanes) is 41. The first kappa shape index (κ1) is 65.3. The van der Waals surface area contributed by atoms with Gasteiger partial charge in [0.1, 0.15) is 0 Å². The number of rotatable bonds is 56. The molecule has 396 valence electrons. The summed E-state index contributed by atoms with van der Waals surface area (Å²) in [5.74, 6) is -0.0494. The van der Waals surface area contributed by atoms with Gasteiger partial charge in [0.05, 0.1) is 25.4 Å². The van der Waals surface area contributed by atoms with Crippen molar-refractivity contribution in [3.8, 4) is 0 Å². The largest absolute Gasteiger partial charge is 0.466 e. The molecule has 0 aromatic heterocycles. The van der Waals surface area contributed by atoms with Crippen LogP contribution in [0.4, 0.5) is 0 Å². The van der Waals surface area contributed by atoms with Crippen LogP contribution in [0.3, 0.4) is 0 Å². The van der Waals surface area contributed by atoms with Crippen molar-refractivity contribution in [2.75, 3.05) is 13.2 Å². The lowest BCUT2D eigenvalue weighted by atomic mass is 10.0. The zero-order valence-corrected chi connectivity index (χ0v) is 45.1. The molecule has 0 heterocycles. The number of carbonyl (C=O) groups is 2. The van der Waals surface area contributed by atoms with Gasteiger partial charge in [-0.15, -0.1) is 0 Å². The fourth-order valence-corrected chi connectivity index (χ4v) is 9.38. The van der Waals surface area contributed by atoms with Gasteiger partial charge in [0.15, 0.2) is 0 Å². The van der Waals surface area contributed by atoms with Gasteiger partial charge >= 0.3 is 5.97 Å². The van der Waals surface area contributed by atoms with Gasteiger partial charge in [-0.05, 0) is 57.8 Å². The minimum Gasteiger partial charge on any atom is -0.466 e. The van der Waals surface area contributed by atoms with Crippen LogP contribution < -0.4 is 5.32 Å². The highest BCUT2D eigenvalue weighted by Gasteiger charge is 2.20. The van der Waals surface area contributed by atoms with Crippen LogP contribution >= 0.6 is 0 Å². The summed E-state index contributed by atoms with van der Waals surface area (Å²) in [4.78, 5) is 24.6. The van der Waals surface area contributed by atoms with Gasteiger partial charge in [0, 0.05) is 12.8 Å². The van der Waals surface area contributed by atoms with Crippen molar-refractivity contribution in [3.05, 3.63) is 24.3 Å². The Morgan fingerprint density at radius 1 is 0.418 bits per heavy atom. The van der Waals surface area contributed by atoms with E-state index in [0.717, 1.165) is 57.8 Å². The van der Waals surface area contributed by atoms with E-state index in [1.165, 1.54) is 238 Å². The van der Waals surface area contributed by atoms with Gasteiger partial charge in [-0.25, -0.2) is 0 Å². The fraction of sp³-hybridized carbons (Fsp3) is 0.902. The third kappa shape index (κ3) is 53.5. The number of ether oxygens (including phenoxy) is 1. The maximum Gasteiger partial charge on any atom is 0.305 e. The molecule has 0 aromatic rings. The molecule has 0 saturated carbocycles. The number of carbonyl (C=O) groups excluding carboxylic acids is 2. The predicted molar refractivity (Wildman–Crippen MR) is 292 cm³/mol. The highest BCUT2D eigenvalue weighted by Crippen LogP contribution is 2.18. The number of hydrogen-bond acceptors (Lipinski definition) is 5. The van der Waals surface area contributed by atoms with Crippen molar-refractivity contribution in [1.82, 2.24) is 5.32 Å². The summed E-state index contributed by atoms with van der Waals surface area (Å²) in [6.07, 6.45) is 68.8. The average Bonchev–Trinajstić information content (AvgIpc) is 3.33. The second kappa shape index (κ2) is 56.9. The second-order valence-corrected chi connectivity index (χ2v) is 20.7. The number of hydrogen-bond donors (Lipinski definition) is 3. The first-order valence-electron chi connectivity index (χ1n) is 30.1. The van der Waals surface area contributed by atoms with Crippen LogP contribution in [0, 0.1) is 0 Å². The Kier molecular flexibility index (Phi) is 55.5. The lowest BCUT2D eigenvalue weighted by Crippen LogP contribution is -2.45. The molecule has 0 spiro atoms. The van der Waals surface area contributed by atoms with E-state index in [2.05, 4.69) is 43.5 Å². The smallest absolute Gasteiger partial charge is 0.305 e. The Labute approximate surface area is 418 Å². The van der Waals surface area contributed by atoms with Gasteiger partial charge in [-0.3, -0.25) is 9.59 Å². The summed E-state index contributed by atoms with van der Waals surface area (Å²) in [6.45, 7) is 4.94. The summed E-state index contributed by atoms with van der Waals surface area (Å²) in [6, 6.07) is -0.547. The first-order valence-corrected chi connectivity index (χ1v) is 30.1. The van der Waals surface area contributed by atoms with Gasteiger partial charge in [-0.2, -0.15) is 0 Å². The molecule has 1 amide bonds. The molecular weight excluding hydrogens is 827 g/mol. The zero-order valence-electron chi connectivity index (χ0n) is 45.1. The summed E-state index contributed by atoms with van der Waals surface area (Å²) >= 11 is 0. The molecule has 0 aromatic carbocycles. The van der Waals surface area contributed by atoms with Crippen molar-refractivity contribution in [1.29, 1.82) is 0 Å². The SMILES string of the molecule is CCCCCC/C=C\C/C=C\CCCCCCCC(=O)OCCCCCCCCCCCCCCCCCCC(=O)NC(CO)C(O)CCCCCCCCCCCCCCCCCCCC. The number of esters is 1. The van der Waals surface area contributed by atoms with Crippen molar-refractivity contribution >= 4 is 11.9 Å². The van der Waals surface area contributed by atoms with E-state index in [-0.39, 0.29) is 18.5 Å². The van der Waals surface area contributed by atoms with Crippen LogP contribution in [-0.2, 0) is 14.3 Å². The fourth-order valence-electron chi connectivity index (χ4n) is 9.38. The second-order valence-electron chi connectivity index (χ2n) is 20.7. The number of allylic oxidation sites excluding steroid dienone is 4. The van der Waals surface area contributed by atoms with Crippen LogP contribution in [-0.4, -0.2) is 47.4 Å². The number of nitrogens with one attached hydrogen (secondary N) is 1. The predicted octanol–water partition coefficient (Wildman–Crippen LogP) is 18.6. The molecule has 0 bridgehead atoms. The van der Waals surface area contributed by atoms with E-state index in [1.54, 1.807) is 0 Å². The normalized spacial score (nSPS) is 12.7. The molecule has 0 fully saturated rings. The summed E-state index contributed by atoms with van der Waals surface area (Å²) in [7, 11) is 0. The Morgan fingerprint density at radius 3 is 1.15 bits per heavy atom. The zero-order chi connectivity index (χ0) is 48.6. The topological polar surface area (TPSA) is 95.9 Å². The molecule has 2 unspecified atom stereocenters. The molecule has 0 aliphatic carbocycles. The number of aliphatic hydroxyl groups excluding tert-OH is 2. The highest BCUT2D eigenvalue weighted by molar-refractivity contribution is 5.76. The third-order valence-electron chi connectivity index (χ3n) is 14.0. The molecule has 2 atom stereocenters. The van der Waals surface area contributed by atoms with E-state index < -0.39 is 12.1 Å². The average molecular weight is 945 g/mol. The monoisotopic (exact) mass is 944 g/mol. The molecule has 6 nitrogen and oxygen atoms in total. The minimum atomic E-state index is -0.670. The van der Waals surface area contributed by atoms with Crippen LogP contribution in [0.1, 0.15) is 328 Å². The van der Waals surface area contributed by atoms with E-state index >= 15 is 0 Å². The van der Waals surface area contributed by atoms with Crippen molar-refractivity contribution in [3.63, 3.8) is 0 Å². The highest BCUT2D eigenvalue weighted by atomic mass is 16.5. The van der Waals surface area contributed by atoms with Gasteiger partial charge in [0.2, 0.25) is 5.91 Å². The van der Waals surface area contributed by atoms with E-state index in [4.69, 9.17) is 4.74 Å². The standard InChI is InChI=1S/C61H117NO5/c1-3-5-7-9-11-13-15-17-19-21-22-25-29-33-37-41-45-49-53-59(64)58(57-63)62-60(65)54-50-46-42-38-34-30-26-23-24-28-32-36-40-44-48-52-56-67-61(66)55-51-47-43-39-35-31-27-20-18-16-14-12-10-8-6-4-2/h14,16,20,27,58-59,63-64H,3-13,15,17-19,21-26,28-57H2,1-2H3,(H,62,65)/b16-14-,27-20-. The number of amides is 1. The van der Waals surface area contributed by atoms with Crippen molar-refractivity contribution in [2.45, 2.75) is 341 Å². The first-order chi connectivity index (χ1) is 33.0. The van der Waals surface area contributed by atoms with Crippen LogP contribution in [0.15, 0.2) is 24.3 Å². The van der Waals surface area contributed by atoms with Crippen LogP contribution in [0.2, 0.25) is 0 Å². The van der Waals surface area contributed by atoms with Gasteiger partial charge < -0.3 is 20.3 Å². The summed E-state index contributed by atoms with van der Waals surface area (Å²) < 4.78 is 5.47. The van der Waals surface area contributed by atoms with E-state index in [1.807, 2.05) is 0 Å². The maximum atomic E-state index is 12.5. The van der Waals surface area contributed by atoms with Gasteiger partial charge in [-0.1, -0.05) is 282 Å². The Balaban J connectivity index is 3.43. The molecular formula is C61H117NO5. The molecule has 6 heteroatoms. The molecule has 67 heavy (non-hydrogen) atoms. The summed E-state index contributed by atoms with van der Waals surface area (Å²) in [5, 5.41) is 23.3. The van der Waals surface area contributed by atoms with E-state index in [0.29, 0.717) is 25.9 Å². The molecule has 0 radical (unpaired) electrons. The summed E-state index contributed by atoms with van der Waals surface area (Å²) in [5.41, 5.74) is 0.